The fourth-order valence-corrected chi connectivity index (χ4v) is 1.44. The molecule has 0 unspecified atom stereocenters. The lowest BCUT2D eigenvalue weighted by Gasteiger charge is -2.28. The molecule has 0 N–H and O–H groups in total. The van der Waals surface area contributed by atoms with Gasteiger partial charge in [0.2, 0.25) is 0 Å². The van der Waals surface area contributed by atoms with Crippen molar-refractivity contribution in [1.82, 2.24) is 9.97 Å². The van der Waals surface area contributed by atoms with Gasteiger partial charge in [-0.2, -0.15) is 4.90 Å². The third-order valence-corrected chi connectivity index (χ3v) is 2.17. The molecule has 0 fully saturated rings. The first-order chi connectivity index (χ1) is 9.89. The summed E-state index contributed by atoms with van der Waals surface area (Å²) in [7, 11) is 0. The van der Waals surface area contributed by atoms with E-state index in [0.29, 0.717) is 5.69 Å². The summed E-state index contributed by atoms with van der Waals surface area (Å²) in [5.74, 6) is 0.107. The van der Waals surface area contributed by atoms with Crippen molar-refractivity contribution in [2.45, 2.75) is 59.7 Å². The first-order valence-corrected chi connectivity index (χ1v) is 6.94. The van der Waals surface area contributed by atoms with Gasteiger partial charge in [-0.05, 0) is 48.5 Å². The van der Waals surface area contributed by atoms with E-state index in [0.717, 1.165) is 4.90 Å². The molecule has 0 bridgehead atoms. The number of carbonyl (C=O) groups is 2. The van der Waals surface area contributed by atoms with E-state index in [9.17, 15) is 9.59 Å². The largest absolute Gasteiger partial charge is 0.443 e. The molecule has 0 spiro atoms. The van der Waals surface area contributed by atoms with Gasteiger partial charge in [-0.25, -0.2) is 19.6 Å². The predicted molar refractivity (Wildman–Crippen MR) is 81.7 cm³/mol. The predicted octanol–water partition coefficient (Wildman–Crippen LogP) is 3.46. The van der Waals surface area contributed by atoms with Crippen LogP contribution in [0.2, 0.25) is 0 Å². The van der Waals surface area contributed by atoms with E-state index in [1.165, 1.54) is 12.4 Å². The van der Waals surface area contributed by atoms with E-state index >= 15 is 0 Å². The van der Waals surface area contributed by atoms with Crippen molar-refractivity contribution in [2.24, 2.45) is 0 Å². The number of ether oxygens (including phenoxy) is 2. The summed E-state index contributed by atoms with van der Waals surface area (Å²) in [5, 5.41) is 0. The number of anilines is 1. The molecule has 0 atom stereocenters. The molecule has 0 aliphatic heterocycles. The van der Waals surface area contributed by atoms with Gasteiger partial charge in [0, 0.05) is 11.8 Å². The van der Waals surface area contributed by atoms with Gasteiger partial charge in [-0.3, -0.25) is 0 Å². The van der Waals surface area contributed by atoms with E-state index in [1.807, 2.05) is 0 Å². The zero-order valence-electron chi connectivity index (χ0n) is 14.1. The van der Waals surface area contributed by atoms with Gasteiger partial charge in [-0.1, -0.05) is 0 Å². The SMILES string of the molecule is Cc1cc(N(C(=O)OC(C)(C)C)C(=O)OC(C)(C)C)ncn1. The van der Waals surface area contributed by atoms with E-state index in [4.69, 9.17) is 9.47 Å². The monoisotopic (exact) mass is 309 g/mol. The standard InChI is InChI=1S/C15H23N3O4/c1-10-8-11(17-9-16-10)18(12(19)21-14(2,3)4)13(20)22-15(5,6)7/h8-9H,1-7H3. The van der Waals surface area contributed by atoms with Gasteiger partial charge in [0.25, 0.3) is 0 Å². The number of rotatable bonds is 1. The number of aryl methyl sites for hydroxylation is 1. The molecule has 0 saturated heterocycles. The molecule has 1 rings (SSSR count). The highest BCUT2D eigenvalue weighted by molar-refractivity contribution is 6.08. The molecule has 0 saturated carbocycles. The van der Waals surface area contributed by atoms with Gasteiger partial charge in [0.05, 0.1) is 0 Å². The molecular weight excluding hydrogens is 286 g/mol. The van der Waals surface area contributed by atoms with Gasteiger partial charge < -0.3 is 9.47 Å². The van der Waals surface area contributed by atoms with Crippen LogP contribution in [-0.4, -0.2) is 33.4 Å². The lowest BCUT2D eigenvalue weighted by Crippen LogP contribution is -2.44. The Kier molecular flexibility index (Phi) is 5.11. The molecule has 0 aliphatic rings. The maximum absolute atomic E-state index is 12.3. The zero-order valence-corrected chi connectivity index (χ0v) is 14.1. The molecule has 7 heteroatoms. The van der Waals surface area contributed by atoms with E-state index in [2.05, 4.69) is 9.97 Å². The second-order valence-electron chi connectivity index (χ2n) is 6.81. The molecule has 0 aromatic carbocycles. The smallest absolute Gasteiger partial charge is 0.425 e. The van der Waals surface area contributed by atoms with Crippen LogP contribution in [0.5, 0.6) is 0 Å². The summed E-state index contributed by atoms with van der Waals surface area (Å²) < 4.78 is 10.5. The molecular formula is C15H23N3O4. The number of hydrogen-bond donors (Lipinski definition) is 0. The number of nitrogens with zero attached hydrogens (tertiary/aromatic N) is 3. The van der Waals surface area contributed by atoms with Crippen molar-refractivity contribution < 1.29 is 19.1 Å². The average Bonchev–Trinajstić information content (AvgIpc) is 2.23. The topological polar surface area (TPSA) is 81.6 Å². The summed E-state index contributed by atoms with van der Waals surface area (Å²) in [6.45, 7) is 12.0. The maximum atomic E-state index is 12.3. The van der Waals surface area contributed by atoms with Crippen molar-refractivity contribution in [3.05, 3.63) is 18.1 Å². The molecule has 1 heterocycles. The van der Waals surface area contributed by atoms with Crippen molar-refractivity contribution >= 4 is 18.0 Å². The fourth-order valence-electron chi connectivity index (χ4n) is 1.44. The van der Waals surface area contributed by atoms with E-state index in [-0.39, 0.29) is 5.82 Å². The summed E-state index contributed by atoms with van der Waals surface area (Å²) >= 11 is 0. The molecule has 1 aromatic heterocycles. The highest BCUT2D eigenvalue weighted by atomic mass is 16.6. The number of aromatic nitrogens is 2. The molecule has 22 heavy (non-hydrogen) atoms. The van der Waals surface area contributed by atoms with Crippen molar-refractivity contribution in [3.63, 3.8) is 0 Å². The second kappa shape index (κ2) is 6.29. The first kappa shape index (κ1) is 17.9. The minimum atomic E-state index is -0.847. The lowest BCUT2D eigenvalue weighted by atomic mass is 10.2. The minimum Gasteiger partial charge on any atom is -0.443 e. The normalized spacial score (nSPS) is 11.8. The third-order valence-electron chi connectivity index (χ3n) is 2.17. The van der Waals surface area contributed by atoms with Crippen molar-refractivity contribution in [1.29, 1.82) is 0 Å². The van der Waals surface area contributed by atoms with Crippen LogP contribution >= 0.6 is 0 Å². The zero-order chi connectivity index (χ0) is 17.1. The molecule has 1 aromatic rings. The van der Waals surface area contributed by atoms with Gasteiger partial charge in [-0.15, -0.1) is 0 Å². The Morgan fingerprint density at radius 3 is 1.77 bits per heavy atom. The quantitative estimate of drug-likeness (QED) is 0.790. The summed E-state index contributed by atoms with van der Waals surface area (Å²) in [6.07, 6.45) is -0.424. The Bertz CT molecular complexity index is 531. The molecule has 0 radical (unpaired) electrons. The minimum absolute atomic E-state index is 0.107. The van der Waals surface area contributed by atoms with Crippen LogP contribution in [0.25, 0.3) is 0 Å². The number of carbonyl (C=O) groups excluding carboxylic acids is 2. The highest BCUT2D eigenvalue weighted by Crippen LogP contribution is 2.20. The Balaban J connectivity index is 3.15. The Morgan fingerprint density at radius 1 is 0.955 bits per heavy atom. The van der Waals surface area contributed by atoms with Crippen molar-refractivity contribution in [3.8, 4) is 0 Å². The summed E-state index contributed by atoms with van der Waals surface area (Å²) in [5.41, 5.74) is -0.888. The molecule has 0 aliphatic carbocycles. The van der Waals surface area contributed by atoms with Crippen LogP contribution in [0.15, 0.2) is 12.4 Å². The molecule has 7 nitrogen and oxygen atoms in total. The Labute approximate surface area is 130 Å². The fraction of sp³-hybridized carbons (Fsp3) is 0.600. The number of amides is 2. The van der Waals surface area contributed by atoms with Crippen LogP contribution in [-0.2, 0) is 9.47 Å². The Morgan fingerprint density at radius 2 is 1.41 bits per heavy atom. The maximum Gasteiger partial charge on any atom is 0.425 e. The van der Waals surface area contributed by atoms with Crippen LogP contribution in [0, 0.1) is 6.92 Å². The van der Waals surface area contributed by atoms with Gasteiger partial charge in [0.1, 0.15) is 17.5 Å². The molecule has 2 amide bonds. The lowest BCUT2D eigenvalue weighted by molar-refractivity contribution is 0.0429. The second-order valence-corrected chi connectivity index (χ2v) is 6.81. The first-order valence-electron chi connectivity index (χ1n) is 6.94. The van der Waals surface area contributed by atoms with Crippen molar-refractivity contribution in [2.75, 3.05) is 4.90 Å². The average molecular weight is 309 g/mol. The van der Waals surface area contributed by atoms with Crippen LogP contribution in [0.1, 0.15) is 47.2 Å². The highest BCUT2D eigenvalue weighted by Gasteiger charge is 2.33. The van der Waals surface area contributed by atoms with E-state index in [1.54, 1.807) is 48.5 Å². The van der Waals surface area contributed by atoms with Crippen LogP contribution in [0.3, 0.4) is 0 Å². The van der Waals surface area contributed by atoms with Crippen LogP contribution < -0.4 is 4.90 Å². The van der Waals surface area contributed by atoms with Gasteiger partial charge in [0.15, 0.2) is 5.82 Å². The van der Waals surface area contributed by atoms with E-state index < -0.39 is 23.4 Å². The third kappa shape index (κ3) is 5.67. The summed E-state index contributed by atoms with van der Waals surface area (Å²) in [4.78, 5) is 33.4. The number of hydrogen-bond acceptors (Lipinski definition) is 6. The summed E-state index contributed by atoms with van der Waals surface area (Å²) in [6, 6.07) is 1.51. The number of imide groups is 1. The molecule has 122 valence electrons. The van der Waals surface area contributed by atoms with Crippen LogP contribution in [0.4, 0.5) is 15.4 Å². The Hall–Kier alpha value is -2.18. The van der Waals surface area contributed by atoms with Gasteiger partial charge >= 0.3 is 12.2 Å².